The maximum absolute atomic E-state index is 10.7. The SMILES string of the molecule is COC(=O)CCCCNCCCCCl.Cl. The predicted molar refractivity (Wildman–Crippen MR) is 65.9 cm³/mol. The number of unbranched alkanes of at least 4 members (excludes halogenated alkanes) is 2. The molecule has 0 heterocycles. The van der Waals surface area contributed by atoms with Gasteiger partial charge in [0.25, 0.3) is 0 Å². The van der Waals surface area contributed by atoms with Gasteiger partial charge < -0.3 is 10.1 Å². The highest BCUT2D eigenvalue weighted by Crippen LogP contribution is 1.96. The summed E-state index contributed by atoms with van der Waals surface area (Å²) in [5.74, 6) is 0.622. The van der Waals surface area contributed by atoms with Gasteiger partial charge in [0.1, 0.15) is 0 Å². The zero-order valence-corrected chi connectivity index (χ0v) is 10.8. The zero-order valence-electron chi connectivity index (χ0n) is 9.26. The van der Waals surface area contributed by atoms with Crippen LogP contribution in [0.2, 0.25) is 0 Å². The molecule has 0 spiro atoms. The fourth-order valence-electron chi connectivity index (χ4n) is 1.09. The summed E-state index contributed by atoms with van der Waals surface area (Å²) in [6.45, 7) is 1.99. The summed E-state index contributed by atoms with van der Waals surface area (Å²) in [5, 5.41) is 3.30. The molecule has 0 aromatic heterocycles. The van der Waals surface area contributed by atoms with Gasteiger partial charge in [0.15, 0.2) is 0 Å². The molecule has 0 fully saturated rings. The quantitative estimate of drug-likeness (QED) is 0.392. The minimum atomic E-state index is -0.118. The van der Waals surface area contributed by atoms with E-state index >= 15 is 0 Å². The van der Waals surface area contributed by atoms with E-state index in [4.69, 9.17) is 11.6 Å². The molecule has 0 unspecified atom stereocenters. The van der Waals surface area contributed by atoms with Crippen molar-refractivity contribution in [3.05, 3.63) is 0 Å². The van der Waals surface area contributed by atoms with Crippen molar-refractivity contribution in [3.8, 4) is 0 Å². The molecule has 15 heavy (non-hydrogen) atoms. The second-order valence-corrected chi connectivity index (χ2v) is 3.56. The normalized spacial score (nSPS) is 9.47. The largest absolute Gasteiger partial charge is 0.469 e. The Morgan fingerprint density at radius 2 is 1.80 bits per heavy atom. The second-order valence-electron chi connectivity index (χ2n) is 3.18. The van der Waals surface area contributed by atoms with E-state index < -0.39 is 0 Å². The molecule has 0 rings (SSSR count). The summed E-state index contributed by atoms with van der Waals surface area (Å²) in [6, 6.07) is 0. The molecule has 0 aliphatic rings. The lowest BCUT2D eigenvalue weighted by molar-refractivity contribution is -0.140. The first-order valence-corrected chi connectivity index (χ1v) is 5.68. The van der Waals surface area contributed by atoms with Gasteiger partial charge in [-0.05, 0) is 38.8 Å². The van der Waals surface area contributed by atoms with Crippen LogP contribution in [0.1, 0.15) is 32.1 Å². The minimum absolute atomic E-state index is 0. The number of hydrogen-bond donors (Lipinski definition) is 1. The molecule has 1 N–H and O–H groups in total. The van der Waals surface area contributed by atoms with Gasteiger partial charge in [0.05, 0.1) is 7.11 Å². The topological polar surface area (TPSA) is 38.3 Å². The van der Waals surface area contributed by atoms with E-state index in [2.05, 4.69) is 10.1 Å². The van der Waals surface area contributed by atoms with Crippen molar-refractivity contribution in [1.82, 2.24) is 5.32 Å². The maximum atomic E-state index is 10.7. The van der Waals surface area contributed by atoms with Gasteiger partial charge in [0.2, 0.25) is 0 Å². The van der Waals surface area contributed by atoms with Gasteiger partial charge in [-0.3, -0.25) is 4.79 Å². The van der Waals surface area contributed by atoms with Gasteiger partial charge in [0, 0.05) is 12.3 Å². The molecule has 3 nitrogen and oxygen atoms in total. The number of rotatable bonds is 9. The van der Waals surface area contributed by atoms with Crippen molar-refractivity contribution in [2.24, 2.45) is 0 Å². The van der Waals surface area contributed by atoms with Crippen molar-refractivity contribution in [3.63, 3.8) is 0 Å². The van der Waals surface area contributed by atoms with E-state index in [-0.39, 0.29) is 18.4 Å². The molecule has 92 valence electrons. The molecule has 0 aromatic carbocycles. The van der Waals surface area contributed by atoms with Crippen LogP contribution in [0.15, 0.2) is 0 Å². The van der Waals surface area contributed by atoms with Gasteiger partial charge in [-0.1, -0.05) is 0 Å². The van der Waals surface area contributed by atoms with Crippen LogP contribution in [-0.2, 0) is 9.53 Å². The second kappa shape index (κ2) is 14.0. The van der Waals surface area contributed by atoms with Crippen LogP contribution in [0.3, 0.4) is 0 Å². The molecule has 5 heteroatoms. The third-order valence-corrected chi connectivity index (χ3v) is 2.22. The van der Waals surface area contributed by atoms with Crippen LogP contribution in [0, 0.1) is 0 Å². The number of ether oxygens (including phenoxy) is 1. The molecule has 0 amide bonds. The summed E-state index contributed by atoms with van der Waals surface area (Å²) >= 11 is 5.54. The zero-order chi connectivity index (χ0) is 10.6. The lowest BCUT2D eigenvalue weighted by Gasteiger charge is -2.03. The Morgan fingerprint density at radius 3 is 2.33 bits per heavy atom. The lowest BCUT2D eigenvalue weighted by Crippen LogP contribution is -2.17. The summed E-state index contributed by atoms with van der Waals surface area (Å²) < 4.78 is 4.54. The average Bonchev–Trinajstić information content (AvgIpc) is 2.21. The Bertz CT molecular complexity index is 145. The minimum Gasteiger partial charge on any atom is -0.469 e. The van der Waals surface area contributed by atoms with Gasteiger partial charge in [-0.15, -0.1) is 24.0 Å². The van der Waals surface area contributed by atoms with Crippen molar-refractivity contribution >= 4 is 30.0 Å². The van der Waals surface area contributed by atoms with Crippen molar-refractivity contribution in [2.45, 2.75) is 32.1 Å². The summed E-state index contributed by atoms with van der Waals surface area (Å²) in [5.41, 5.74) is 0. The Balaban J connectivity index is 0. The summed E-state index contributed by atoms with van der Waals surface area (Å²) in [4.78, 5) is 10.7. The standard InChI is InChI=1S/C10H20ClNO2.ClH/c1-14-10(13)6-2-4-8-12-9-5-3-7-11;/h12H,2-9H2,1H3;1H. The Morgan fingerprint density at radius 1 is 1.20 bits per heavy atom. The van der Waals surface area contributed by atoms with Crippen LogP contribution < -0.4 is 5.32 Å². The lowest BCUT2D eigenvalue weighted by atomic mass is 10.2. The molecule has 0 aliphatic carbocycles. The number of nitrogens with one attached hydrogen (secondary N) is 1. The summed E-state index contributed by atoms with van der Waals surface area (Å²) in [7, 11) is 1.42. The number of alkyl halides is 1. The van der Waals surface area contributed by atoms with E-state index in [1.165, 1.54) is 7.11 Å². The summed E-state index contributed by atoms with van der Waals surface area (Å²) in [6.07, 6.45) is 4.64. The van der Waals surface area contributed by atoms with E-state index in [1.807, 2.05) is 0 Å². The highest BCUT2D eigenvalue weighted by molar-refractivity contribution is 6.17. The molecule has 0 saturated carbocycles. The Hall–Kier alpha value is 0.01000. The van der Waals surface area contributed by atoms with Gasteiger partial charge >= 0.3 is 5.97 Å². The number of hydrogen-bond acceptors (Lipinski definition) is 3. The number of halogens is 2. The number of carbonyl (C=O) groups is 1. The molecule has 0 atom stereocenters. The van der Waals surface area contributed by atoms with Crippen molar-refractivity contribution in [2.75, 3.05) is 26.1 Å². The first-order chi connectivity index (χ1) is 6.81. The fraction of sp³-hybridized carbons (Fsp3) is 0.900. The van der Waals surface area contributed by atoms with Crippen LogP contribution in [0.4, 0.5) is 0 Å². The third-order valence-electron chi connectivity index (χ3n) is 1.95. The number of esters is 1. The molecule has 0 bridgehead atoms. The molecular weight excluding hydrogens is 237 g/mol. The van der Waals surface area contributed by atoms with Crippen LogP contribution in [0.25, 0.3) is 0 Å². The molecule has 0 saturated heterocycles. The molecule has 0 radical (unpaired) electrons. The Kier molecular flexibility index (Phi) is 16.3. The molecule has 0 aliphatic heterocycles. The van der Waals surface area contributed by atoms with Crippen LogP contribution in [0.5, 0.6) is 0 Å². The number of methoxy groups -OCH3 is 1. The van der Waals surface area contributed by atoms with Crippen LogP contribution >= 0.6 is 24.0 Å². The monoisotopic (exact) mass is 257 g/mol. The first-order valence-electron chi connectivity index (χ1n) is 5.14. The maximum Gasteiger partial charge on any atom is 0.305 e. The fourth-order valence-corrected chi connectivity index (χ4v) is 1.28. The average molecular weight is 258 g/mol. The Labute approximate surface area is 103 Å². The van der Waals surface area contributed by atoms with Crippen molar-refractivity contribution in [1.29, 1.82) is 0 Å². The van der Waals surface area contributed by atoms with E-state index in [9.17, 15) is 4.79 Å². The molecular formula is C10H21Cl2NO2. The van der Waals surface area contributed by atoms with E-state index in [0.717, 1.165) is 44.7 Å². The van der Waals surface area contributed by atoms with Crippen molar-refractivity contribution < 1.29 is 9.53 Å². The van der Waals surface area contributed by atoms with Gasteiger partial charge in [-0.25, -0.2) is 0 Å². The molecule has 0 aromatic rings. The predicted octanol–water partition coefficient (Wildman–Crippen LogP) is 2.36. The highest BCUT2D eigenvalue weighted by atomic mass is 35.5. The van der Waals surface area contributed by atoms with Gasteiger partial charge in [-0.2, -0.15) is 0 Å². The highest BCUT2D eigenvalue weighted by Gasteiger charge is 1.98. The van der Waals surface area contributed by atoms with Crippen LogP contribution in [-0.4, -0.2) is 32.0 Å². The third kappa shape index (κ3) is 14.0. The first kappa shape index (κ1) is 17.4. The van der Waals surface area contributed by atoms with E-state index in [1.54, 1.807) is 0 Å². The smallest absolute Gasteiger partial charge is 0.305 e. The number of carbonyl (C=O) groups excluding carboxylic acids is 1. The van der Waals surface area contributed by atoms with E-state index in [0.29, 0.717) is 6.42 Å².